The molecular weight excluding hydrogens is 552 g/mol. The Morgan fingerprint density at radius 1 is 1.08 bits per heavy atom. The number of amides is 2. The Hall–Kier alpha value is -3.21. The van der Waals surface area contributed by atoms with Crippen LogP contribution in [0.2, 0.25) is 0 Å². The van der Waals surface area contributed by atoms with E-state index in [9.17, 15) is 19.7 Å². The van der Waals surface area contributed by atoms with Crippen LogP contribution in [0.25, 0.3) is 0 Å². The van der Waals surface area contributed by atoms with Crippen molar-refractivity contribution in [3.05, 3.63) is 56.3 Å². The molecule has 3 fully saturated rings. The number of carbonyl (C=O) groups is 2. The summed E-state index contributed by atoms with van der Waals surface area (Å²) in [5.41, 5.74) is 1.62. The molecule has 0 unspecified atom stereocenters. The number of pyridine rings is 1. The average molecular weight is 586 g/mol. The maximum Gasteiger partial charge on any atom is 0.294 e. The number of hydrogen-bond acceptors (Lipinski definition) is 7. The highest BCUT2D eigenvalue weighted by molar-refractivity contribution is 9.10. The van der Waals surface area contributed by atoms with E-state index in [-0.39, 0.29) is 45.6 Å². The van der Waals surface area contributed by atoms with Gasteiger partial charge in [0.1, 0.15) is 5.69 Å². The number of anilines is 2. The van der Waals surface area contributed by atoms with E-state index in [0.29, 0.717) is 36.2 Å². The van der Waals surface area contributed by atoms with Crippen molar-refractivity contribution in [1.82, 2.24) is 14.8 Å². The van der Waals surface area contributed by atoms with Crippen LogP contribution in [0.3, 0.4) is 0 Å². The van der Waals surface area contributed by atoms with Gasteiger partial charge >= 0.3 is 0 Å². The Morgan fingerprint density at radius 2 is 1.79 bits per heavy atom. The number of aromatic nitrogens is 1. The SMILES string of the molecule is CNc1cncc(C(=O)N2C[C@H](Nc3c(C(=O)N4CCC(C)(C)CC4)cc(Br)cc3[N+](=O)[O-])C3(CC3)C2)c1. The number of nitrogens with one attached hydrogen (secondary N) is 2. The van der Waals surface area contributed by atoms with E-state index in [1.54, 1.807) is 41.4 Å². The van der Waals surface area contributed by atoms with Crippen molar-refractivity contribution < 1.29 is 14.5 Å². The molecule has 10 nitrogen and oxygen atoms in total. The van der Waals surface area contributed by atoms with Gasteiger partial charge in [0.25, 0.3) is 17.5 Å². The topological polar surface area (TPSA) is 121 Å². The molecular formula is C27H33BrN6O4. The highest BCUT2D eigenvalue weighted by atomic mass is 79.9. The number of nitro groups is 1. The van der Waals surface area contributed by atoms with Crippen molar-refractivity contribution in [2.75, 3.05) is 43.9 Å². The standard InChI is InChI=1S/C27H33BrN6O4/c1-26(2)6-8-32(9-7-26)25(36)20-11-18(28)12-21(34(37)38)23(20)31-22-15-33(16-27(22)4-5-27)24(35)17-10-19(29-3)14-30-13-17/h10-14,22,29,31H,4-9,15-16H2,1-3H3/t22-/m0/s1. The summed E-state index contributed by atoms with van der Waals surface area (Å²) < 4.78 is 0.483. The lowest BCUT2D eigenvalue weighted by molar-refractivity contribution is -0.384. The molecule has 2 N–H and O–H groups in total. The van der Waals surface area contributed by atoms with E-state index in [0.717, 1.165) is 31.4 Å². The summed E-state index contributed by atoms with van der Waals surface area (Å²) in [6, 6.07) is 4.67. The zero-order chi connectivity index (χ0) is 27.2. The van der Waals surface area contributed by atoms with Gasteiger partial charge in [-0.3, -0.25) is 24.7 Å². The summed E-state index contributed by atoms with van der Waals surface area (Å²) in [7, 11) is 1.77. The number of hydrogen-bond donors (Lipinski definition) is 2. The van der Waals surface area contributed by atoms with Gasteiger partial charge in [0, 0.05) is 61.6 Å². The summed E-state index contributed by atoms with van der Waals surface area (Å²) in [6.45, 7) is 6.56. The van der Waals surface area contributed by atoms with Crippen LogP contribution in [0.15, 0.2) is 35.1 Å². The van der Waals surface area contributed by atoms with Gasteiger partial charge in [-0.1, -0.05) is 29.8 Å². The molecule has 3 heterocycles. The minimum absolute atomic E-state index is 0.122. The molecule has 2 aromatic rings. The second-order valence-electron chi connectivity index (χ2n) is 11.5. The fourth-order valence-corrected chi connectivity index (χ4v) is 6.03. The molecule has 0 bridgehead atoms. The Kier molecular flexibility index (Phi) is 6.83. The van der Waals surface area contributed by atoms with Gasteiger partial charge in [0.2, 0.25) is 0 Å². The number of piperidine rings is 1. The van der Waals surface area contributed by atoms with Gasteiger partial charge in [-0.2, -0.15) is 0 Å². The monoisotopic (exact) mass is 584 g/mol. The molecule has 2 aliphatic heterocycles. The van der Waals surface area contributed by atoms with Crippen molar-refractivity contribution in [1.29, 1.82) is 0 Å². The minimum atomic E-state index is -0.449. The first-order valence-electron chi connectivity index (χ1n) is 13.0. The Balaban J connectivity index is 1.43. The summed E-state index contributed by atoms with van der Waals surface area (Å²) in [5, 5.41) is 18.5. The third kappa shape index (κ3) is 5.08. The molecule has 38 heavy (non-hydrogen) atoms. The molecule has 1 aromatic carbocycles. The molecule has 1 aliphatic carbocycles. The van der Waals surface area contributed by atoms with Crippen LogP contribution in [0.1, 0.15) is 60.2 Å². The summed E-state index contributed by atoms with van der Waals surface area (Å²) >= 11 is 3.37. The fraction of sp³-hybridized carbons (Fsp3) is 0.519. The van der Waals surface area contributed by atoms with Gasteiger partial charge in [-0.15, -0.1) is 0 Å². The lowest BCUT2D eigenvalue weighted by atomic mass is 9.82. The Bertz CT molecular complexity index is 1280. The van der Waals surface area contributed by atoms with Crippen LogP contribution >= 0.6 is 15.9 Å². The largest absolute Gasteiger partial charge is 0.387 e. The molecule has 1 saturated carbocycles. The van der Waals surface area contributed by atoms with Crippen molar-refractivity contribution in [2.45, 2.75) is 45.6 Å². The van der Waals surface area contributed by atoms with Crippen molar-refractivity contribution >= 4 is 44.8 Å². The summed E-state index contributed by atoms with van der Waals surface area (Å²) in [4.78, 5) is 46.5. The highest BCUT2D eigenvalue weighted by Gasteiger charge is 2.56. The predicted octanol–water partition coefficient (Wildman–Crippen LogP) is 4.77. The van der Waals surface area contributed by atoms with Crippen molar-refractivity contribution in [2.24, 2.45) is 10.8 Å². The van der Waals surface area contributed by atoms with Crippen LogP contribution < -0.4 is 10.6 Å². The number of likely N-dealkylation sites (tertiary alicyclic amines) is 2. The van der Waals surface area contributed by atoms with E-state index < -0.39 is 4.92 Å². The summed E-state index contributed by atoms with van der Waals surface area (Å²) in [6.07, 6.45) is 6.80. The van der Waals surface area contributed by atoms with Crippen LogP contribution in [0.4, 0.5) is 17.1 Å². The predicted molar refractivity (Wildman–Crippen MR) is 148 cm³/mol. The van der Waals surface area contributed by atoms with Gasteiger partial charge in [0.05, 0.1) is 27.8 Å². The maximum atomic E-state index is 13.7. The van der Waals surface area contributed by atoms with Gasteiger partial charge < -0.3 is 20.4 Å². The molecule has 11 heteroatoms. The molecule has 1 atom stereocenters. The molecule has 2 amide bonds. The highest BCUT2D eigenvalue weighted by Crippen LogP contribution is 2.54. The van der Waals surface area contributed by atoms with Crippen LogP contribution in [-0.2, 0) is 0 Å². The average Bonchev–Trinajstić information content (AvgIpc) is 3.58. The number of carbonyl (C=O) groups excluding carboxylic acids is 2. The first kappa shape index (κ1) is 26.4. The quantitative estimate of drug-likeness (QED) is 0.370. The third-order valence-electron chi connectivity index (χ3n) is 8.33. The van der Waals surface area contributed by atoms with E-state index in [2.05, 4.69) is 45.4 Å². The van der Waals surface area contributed by atoms with Crippen LogP contribution in [0.5, 0.6) is 0 Å². The molecule has 1 spiro atoms. The van der Waals surface area contributed by atoms with Gasteiger partial charge in [-0.25, -0.2) is 0 Å². The molecule has 202 valence electrons. The Labute approximate surface area is 230 Å². The zero-order valence-electron chi connectivity index (χ0n) is 21.9. The Morgan fingerprint density at radius 3 is 2.42 bits per heavy atom. The van der Waals surface area contributed by atoms with E-state index in [4.69, 9.17) is 0 Å². The normalized spacial score (nSPS) is 21.3. The lowest BCUT2D eigenvalue weighted by Crippen LogP contribution is -2.41. The van der Waals surface area contributed by atoms with E-state index >= 15 is 0 Å². The number of nitrogens with zero attached hydrogens (tertiary/aromatic N) is 4. The third-order valence-corrected chi connectivity index (χ3v) is 8.79. The van der Waals surface area contributed by atoms with E-state index in [1.165, 1.54) is 6.07 Å². The molecule has 3 aliphatic rings. The van der Waals surface area contributed by atoms with Crippen LogP contribution in [0, 0.1) is 20.9 Å². The number of benzene rings is 1. The smallest absolute Gasteiger partial charge is 0.294 e. The van der Waals surface area contributed by atoms with Gasteiger partial charge in [0.15, 0.2) is 0 Å². The first-order chi connectivity index (χ1) is 18.0. The number of nitro benzene ring substituents is 1. The minimum Gasteiger partial charge on any atom is -0.387 e. The summed E-state index contributed by atoms with van der Waals surface area (Å²) in [5.74, 6) is -0.333. The van der Waals surface area contributed by atoms with Crippen molar-refractivity contribution in [3.8, 4) is 0 Å². The zero-order valence-corrected chi connectivity index (χ0v) is 23.5. The second kappa shape index (κ2) is 9.83. The molecule has 2 saturated heterocycles. The molecule has 1 aromatic heterocycles. The fourth-order valence-electron chi connectivity index (χ4n) is 5.58. The van der Waals surface area contributed by atoms with Gasteiger partial charge in [-0.05, 0) is 43.2 Å². The number of halogens is 1. The maximum absolute atomic E-state index is 13.7. The molecule has 5 rings (SSSR count). The van der Waals surface area contributed by atoms with E-state index in [1.807, 2.05) is 0 Å². The number of rotatable bonds is 6. The first-order valence-corrected chi connectivity index (χ1v) is 13.8. The molecule has 0 radical (unpaired) electrons. The van der Waals surface area contributed by atoms with Crippen molar-refractivity contribution in [3.63, 3.8) is 0 Å². The van der Waals surface area contributed by atoms with Crippen LogP contribution in [-0.4, -0.2) is 70.8 Å². The lowest BCUT2D eigenvalue weighted by Gasteiger charge is -2.37. The second-order valence-corrected chi connectivity index (χ2v) is 12.4.